The van der Waals surface area contributed by atoms with Crippen molar-refractivity contribution in [3.8, 4) is 0 Å². The minimum absolute atomic E-state index is 0.108. The van der Waals surface area contributed by atoms with Crippen LogP contribution in [0.5, 0.6) is 0 Å². The third-order valence-corrected chi connectivity index (χ3v) is 3.05. The Morgan fingerprint density at radius 1 is 1.04 bits per heavy atom. The number of nitrogens with one attached hydrogen (secondary N) is 3. The van der Waals surface area contributed by atoms with Crippen molar-refractivity contribution < 1.29 is 4.92 Å². The highest BCUT2D eigenvalue weighted by Gasteiger charge is 2.24. The molecule has 2 aromatic rings. The molecule has 1 aromatic carbocycles. The first kappa shape index (κ1) is 17.6. The molecule has 0 fully saturated rings. The van der Waals surface area contributed by atoms with Crippen LogP contribution in [0.3, 0.4) is 0 Å². The van der Waals surface area contributed by atoms with Gasteiger partial charge in [0.2, 0.25) is 11.6 Å². The fraction of sp³-hybridized carbons (Fsp3) is 0.375. The van der Waals surface area contributed by atoms with E-state index in [1.807, 2.05) is 52.8 Å². The van der Waals surface area contributed by atoms with Crippen LogP contribution in [0.25, 0.3) is 0 Å². The first-order valence-corrected chi connectivity index (χ1v) is 7.53. The number of hydrogen-bond acceptors (Lipinski definition) is 7. The predicted molar refractivity (Wildman–Crippen MR) is 94.4 cm³/mol. The Kier molecular flexibility index (Phi) is 4.99. The second-order valence-corrected chi connectivity index (χ2v) is 6.68. The molecule has 0 atom stereocenters. The molecule has 8 nitrogen and oxygen atoms in total. The number of nitro groups is 1. The molecule has 0 radical (unpaired) electrons. The van der Waals surface area contributed by atoms with Gasteiger partial charge in [-0.05, 0) is 57.9 Å². The molecule has 1 aromatic heterocycles. The van der Waals surface area contributed by atoms with Crippen molar-refractivity contribution >= 4 is 23.0 Å². The van der Waals surface area contributed by atoms with Crippen molar-refractivity contribution in [3.63, 3.8) is 0 Å². The van der Waals surface area contributed by atoms with Gasteiger partial charge in [0.05, 0.1) is 4.92 Å². The predicted octanol–water partition coefficient (Wildman–Crippen LogP) is 3.46. The minimum atomic E-state index is -0.502. The molecule has 1 heterocycles. The Hall–Kier alpha value is -2.74. The molecule has 0 saturated carbocycles. The maximum atomic E-state index is 11.5. The highest BCUT2D eigenvalue weighted by atomic mass is 16.6. The van der Waals surface area contributed by atoms with E-state index in [0.29, 0.717) is 0 Å². The minimum Gasteiger partial charge on any atom is -0.334 e. The van der Waals surface area contributed by atoms with Gasteiger partial charge in [0, 0.05) is 11.2 Å². The van der Waals surface area contributed by atoms with Gasteiger partial charge < -0.3 is 5.32 Å². The molecule has 0 unspecified atom stereocenters. The molecular formula is C16H22N6O2. The van der Waals surface area contributed by atoms with Gasteiger partial charge >= 0.3 is 5.69 Å². The van der Waals surface area contributed by atoms with Crippen LogP contribution in [0.2, 0.25) is 0 Å². The van der Waals surface area contributed by atoms with Gasteiger partial charge in [0.15, 0.2) is 0 Å². The van der Waals surface area contributed by atoms with E-state index in [4.69, 9.17) is 0 Å². The number of hydrazine groups is 1. The number of benzene rings is 1. The van der Waals surface area contributed by atoms with E-state index < -0.39 is 4.92 Å². The molecule has 2 rings (SSSR count). The fourth-order valence-electron chi connectivity index (χ4n) is 2.16. The van der Waals surface area contributed by atoms with Crippen LogP contribution >= 0.6 is 0 Å². The lowest BCUT2D eigenvalue weighted by Crippen LogP contribution is -2.40. The molecule has 0 aliphatic carbocycles. The van der Waals surface area contributed by atoms with Crippen LogP contribution in [-0.4, -0.2) is 20.4 Å². The zero-order valence-corrected chi connectivity index (χ0v) is 14.5. The Balaban J connectivity index is 2.37. The summed E-state index contributed by atoms with van der Waals surface area (Å²) < 4.78 is 0. The quantitative estimate of drug-likeness (QED) is 0.569. The summed E-state index contributed by atoms with van der Waals surface area (Å²) in [6.45, 7) is 9.73. The maximum absolute atomic E-state index is 11.5. The number of aromatic nitrogens is 2. The van der Waals surface area contributed by atoms with Gasteiger partial charge in [-0.1, -0.05) is 6.07 Å². The summed E-state index contributed by atoms with van der Waals surface area (Å²) in [6.07, 6.45) is 1.28. The van der Waals surface area contributed by atoms with Crippen molar-refractivity contribution in [3.05, 3.63) is 45.8 Å². The zero-order chi connectivity index (χ0) is 17.9. The topological polar surface area (TPSA) is 105 Å². The molecule has 8 heteroatoms. The van der Waals surface area contributed by atoms with Gasteiger partial charge in [-0.2, -0.15) is 0 Å². The van der Waals surface area contributed by atoms with Gasteiger partial charge in [0.1, 0.15) is 6.33 Å². The van der Waals surface area contributed by atoms with Crippen LogP contribution in [0.1, 0.15) is 31.9 Å². The molecule has 0 amide bonds. The van der Waals surface area contributed by atoms with Crippen molar-refractivity contribution in [2.24, 2.45) is 0 Å². The number of aryl methyl sites for hydroxylation is 2. The van der Waals surface area contributed by atoms with E-state index in [1.165, 1.54) is 6.33 Å². The molecule has 128 valence electrons. The maximum Gasteiger partial charge on any atom is 0.354 e. The normalized spacial score (nSPS) is 11.2. The summed E-state index contributed by atoms with van der Waals surface area (Å²) in [6, 6.07) is 5.83. The summed E-state index contributed by atoms with van der Waals surface area (Å²) in [7, 11) is 0. The number of rotatable bonds is 5. The molecule has 0 aliphatic rings. The van der Waals surface area contributed by atoms with Crippen LogP contribution in [-0.2, 0) is 0 Å². The Morgan fingerprint density at radius 2 is 1.62 bits per heavy atom. The molecule has 0 bridgehead atoms. The lowest BCUT2D eigenvalue weighted by Gasteiger charge is -2.21. The standard InChI is InChI=1S/C16H22N6O2/c1-10-6-11(2)8-12(7-10)19-14-13(22(23)24)15(18-9-17-14)20-21-16(3,4)5/h6-9,21H,1-5H3,(H2,17,18,19,20). The highest BCUT2D eigenvalue weighted by molar-refractivity contribution is 5.73. The highest BCUT2D eigenvalue weighted by Crippen LogP contribution is 2.31. The van der Waals surface area contributed by atoms with E-state index in [9.17, 15) is 10.1 Å². The van der Waals surface area contributed by atoms with E-state index in [0.717, 1.165) is 16.8 Å². The molecular weight excluding hydrogens is 308 g/mol. The van der Waals surface area contributed by atoms with Crippen molar-refractivity contribution in [1.29, 1.82) is 0 Å². The van der Waals surface area contributed by atoms with Gasteiger partial charge in [-0.3, -0.25) is 15.5 Å². The molecule has 24 heavy (non-hydrogen) atoms. The summed E-state index contributed by atoms with van der Waals surface area (Å²) in [5.41, 5.74) is 8.13. The number of anilines is 3. The first-order valence-electron chi connectivity index (χ1n) is 7.53. The summed E-state index contributed by atoms with van der Waals surface area (Å²) in [5.74, 6) is 0.245. The summed E-state index contributed by atoms with van der Waals surface area (Å²) >= 11 is 0. The smallest absolute Gasteiger partial charge is 0.334 e. The Labute approximate surface area is 140 Å². The SMILES string of the molecule is Cc1cc(C)cc(Nc2ncnc(NNC(C)(C)C)c2[N+](=O)[O-])c1. The first-order chi connectivity index (χ1) is 11.2. The molecule has 3 N–H and O–H groups in total. The van der Waals surface area contributed by atoms with Crippen molar-refractivity contribution in [1.82, 2.24) is 15.4 Å². The lowest BCUT2D eigenvalue weighted by atomic mass is 10.1. The number of nitrogens with zero attached hydrogens (tertiary/aromatic N) is 3. The van der Waals surface area contributed by atoms with Gasteiger partial charge in [0.25, 0.3) is 0 Å². The summed E-state index contributed by atoms with van der Waals surface area (Å²) in [4.78, 5) is 19.0. The monoisotopic (exact) mass is 330 g/mol. The van der Waals surface area contributed by atoms with E-state index >= 15 is 0 Å². The molecule has 0 saturated heterocycles. The van der Waals surface area contributed by atoms with Crippen molar-refractivity contribution in [2.75, 3.05) is 10.7 Å². The fourth-order valence-corrected chi connectivity index (χ4v) is 2.16. The molecule has 0 spiro atoms. The zero-order valence-electron chi connectivity index (χ0n) is 14.5. The van der Waals surface area contributed by atoms with Crippen LogP contribution < -0.4 is 16.2 Å². The van der Waals surface area contributed by atoms with E-state index in [1.54, 1.807) is 0 Å². The average Bonchev–Trinajstić information content (AvgIpc) is 2.43. The number of hydrogen-bond donors (Lipinski definition) is 3. The van der Waals surface area contributed by atoms with Crippen molar-refractivity contribution in [2.45, 2.75) is 40.2 Å². The van der Waals surface area contributed by atoms with E-state index in [2.05, 4.69) is 26.1 Å². The van der Waals surface area contributed by atoms with Crippen LogP contribution in [0, 0.1) is 24.0 Å². The molecule has 0 aliphatic heterocycles. The largest absolute Gasteiger partial charge is 0.354 e. The van der Waals surface area contributed by atoms with Gasteiger partial charge in [-0.25, -0.2) is 15.4 Å². The van der Waals surface area contributed by atoms with Gasteiger partial charge in [-0.15, -0.1) is 0 Å². The van der Waals surface area contributed by atoms with E-state index in [-0.39, 0.29) is 22.9 Å². The Bertz CT molecular complexity index is 734. The van der Waals surface area contributed by atoms with Crippen LogP contribution in [0.15, 0.2) is 24.5 Å². The second-order valence-electron chi connectivity index (χ2n) is 6.68. The van der Waals surface area contributed by atoms with Crippen LogP contribution in [0.4, 0.5) is 23.0 Å². The average molecular weight is 330 g/mol. The lowest BCUT2D eigenvalue weighted by molar-refractivity contribution is -0.383. The third-order valence-electron chi connectivity index (χ3n) is 3.05. The summed E-state index contributed by atoms with van der Waals surface area (Å²) in [5, 5.41) is 14.5. The Morgan fingerprint density at radius 3 is 2.17 bits per heavy atom. The third kappa shape index (κ3) is 4.63. The second kappa shape index (κ2) is 6.79.